The Labute approximate surface area is 208 Å². The summed E-state index contributed by atoms with van der Waals surface area (Å²) in [6.07, 6.45) is 3.90. The Balaban J connectivity index is 1.65. The fraction of sp³-hybridized carbons (Fsp3) is 0.125. The van der Waals surface area contributed by atoms with Gasteiger partial charge in [0.2, 0.25) is 5.88 Å². The van der Waals surface area contributed by atoms with Gasteiger partial charge >= 0.3 is 11.2 Å². The second-order valence-corrected chi connectivity index (χ2v) is 9.85. The molecule has 0 fully saturated rings. The minimum Gasteiger partial charge on any atom is -0.493 e. The molecule has 0 saturated carbocycles. The first-order chi connectivity index (χ1) is 17.4. The average molecular weight is 533 g/mol. The summed E-state index contributed by atoms with van der Waals surface area (Å²) < 4.78 is 63.5. The quantitative estimate of drug-likeness (QED) is 0.407. The normalized spacial score (nSPS) is 11.9. The molecule has 2 heterocycles. The molecule has 1 amide bonds. The molecule has 0 spiro atoms. The van der Waals surface area contributed by atoms with Gasteiger partial charge in [0.1, 0.15) is 0 Å². The predicted octanol–water partition coefficient (Wildman–Crippen LogP) is 3.36. The fourth-order valence-corrected chi connectivity index (χ4v) is 4.39. The standard InChI is InChI=1S/C24H19F3N4O5S/c1-29(17-5-3-2-4-6-17)22(33)20-13-28-12-11-16(20)14-30-15-21(32)31(23(30)34)18-7-9-19(10-8-18)37(35,36)24(25,26)27/h2-13,15,32H,14H2,1H3. The molecule has 0 aliphatic rings. The van der Waals surface area contributed by atoms with Crippen LogP contribution in [0.25, 0.3) is 5.69 Å². The SMILES string of the molecule is CN(C(=O)c1cnccc1Cn1cc(O)n(-c2ccc(S(=O)(=O)C(F)(F)F)cc2)c1=O)c1ccccc1. The van der Waals surface area contributed by atoms with E-state index in [1.165, 1.54) is 17.3 Å². The number of imidazole rings is 1. The van der Waals surface area contributed by atoms with Crippen molar-refractivity contribution in [3.05, 3.63) is 101 Å². The molecule has 1 N–H and O–H groups in total. The summed E-state index contributed by atoms with van der Waals surface area (Å²) in [7, 11) is -3.98. The number of halogens is 3. The van der Waals surface area contributed by atoms with Gasteiger partial charge in [-0.3, -0.25) is 14.3 Å². The van der Waals surface area contributed by atoms with E-state index in [2.05, 4.69) is 4.98 Å². The minimum atomic E-state index is -5.57. The highest BCUT2D eigenvalue weighted by molar-refractivity contribution is 7.92. The summed E-state index contributed by atoms with van der Waals surface area (Å²) in [5.41, 5.74) is -5.03. The van der Waals surface area contributed by atoms with Crippen LogP contribution in [0.5, 0.6) is 5.88 Å². The van der Waals surface area contributed by atoms with Crippen LogP contribution < -0.4 is 10.6 Å². The Morgan fingerprint density at radius 3 is 2.32 bits per heavy atom. The van der Waals surface area contributed by atoms with Crippen LogP contribution in [0.1, 0.15) is 15.9 Å². The fourth-order valence-electron chi connectivity index (χ4n) is 3.63. The zero-order chi connectivity index (χ0) is 27.0. The molecule has 37 heavy (non-hydrogen) atoms. The monoisotopic (exact) mass is 532 g/mol. The van der Waals surface area contributed by atoms with Gasteiger partial charge in [0.25, 0.3) is 15.7 Å². The lowest BCUT2D eigenvalue weighted by Crippen LogP contribution is -2.29. The number of benzene rings is 2. The Kier molecular flexibility index (Phi) is 6.65. The number of sulfone groups is 1. The van der Waals surface area contributed by atoms with Gasteiger partial charge in [-0.1, -0.05) is 18.2 Å². The number of carbonyl (C=O) groups is 1. The molecule has 192 valence electrons. The molecule has 2 aromatic carbocycles. The molecule has 0 aliphatic heterocycles. The highest BCUT2D eigenvalue weighted by Gasteiger charge is 2.46. The lowest BCUT2D eigenvalue weighted by Gasteiger charge is -2.19. The Hall–Kier alpha value is -4.39. The minimum absolute atomic E-state index is 0.0581. The molecule has 0 radical (unpaired) electrons. The van der Waals surface area contributed by atoms with Gasteiger partial charge in [-0.2, -0.15) is 13.2 Å². The van der Waals surface area contributed by atoms with E-state index in [1.807, 2.05) is 6.07 Å². The topological polar surface area (TPSA) is 114 Å². The Morgan fingerprint density at radius 2 is 1.70 bits per heavy atom. The van der Waals surface area contributed by atoms with Crippen LogP contribution in [0, 0.1) is 0 Å². The highest BCUT2D eigenvalue weighted by atomic mass is 32.2. The number of alkyl halides is 3. The van der Waals surface area contributed by atoms with Gasteiger partial charge in [0, 0.05) is 25.1 Å². The number of anilines is 1. The highest BCUT2D eigenvalue weighted by Crippen LogP contribution is 2.30. The van der Waals surface area contributed by atoms with Crippen LogP contribution in [0.4, 0.5) is 18.9 Å². The molecular weight excluding hydrogens is 513 g/mol. The van der Waals surface area contributed by atoms with Crippen molar-refractivity contribution in [1.29, 1.82) is 0 Å². The lowest BCUT2D eigenvalue weighted by molar-refractivity contribution is -0.0436. The smallest absolute Gasteiger partial charge is 0.493 e. The summed E-state index contributed by atoms with van der Waals surface area (Å²) in [6.45, 7) is -0.133. The summed E-state index contributed by atoms with van der Waals surface area (Å²) in [4.78, 5) is 30.6. The number of hydrogen-bond acceptors (Lipinski definition) is 6. The first kappa shape index (κ1) is 25.7. The zero-order valence-corrected chi connectivity index (χ0v) is 19.9. The Bertz CT molecular complexity index is 1610. The number of carbonyl (C=O) groups excluding carboxylic acids is 1. The number of amides is 1. The van der Waals surface area contributed by atoms with E-state index in [0.29, 0.717) is 23.4 Å². The second kappa shape index (κ2) is 9.58. The molecule has 0 atom stereocenters. The molecule has 4 aromatic rings. The molecule has 0 unspecified atom stereocenters. The maximum atomic E-state index is 13.1. The molecule has 2 aromatic heterocycles. The lowest BCUT2D eigenvalue weighted by atomic mass is 10.1. The number of aromatic nitrogens is 3. The predicted molar refractivity (Wildman–Crippen MR) is 127 cm³/mol. The van der Waals surface area contributed by atoms with Gasteiger partial charge < -0.3 is 10.0 Å². The number of nitrogens with zero attached hydrogens (tertiary/aromatic N) is 4. The van der Waals surface area contributed by atoms with Crippen molar-refractivity contribution in [2.75, 3.05) is 11.9 Å². The van der Waals surface area contributed by atoms with Crippen molar-refractivity contribution < 1.29 is 31.5 Å². The van der Waals surface area contributed by atoms with E-state index in [1.54, 1.807) is 37.4 Å². The van der Waals surface area contributed by atoms with Crippen molar-refractivity contribution in [3.63, 3.8) is 0 Å². The molecular formula is C24H19F3N4O5S. The van der Waals surface area contributed by atoms with Crippen LogP contribution in [0.3, 0.4) is 0 Å². The molecule has 4 rings (SSSR count). The van der Waals surface area contributed by atoms with E-state index < -0.39 is 31.8 Å². The summed E-state index contributed by atoms with van der Waals surface area (Å²) in [5.74, 6) is -0.924. The van der Waals surface area contributed by atoms with Crippen molar-refractivity contribution >= 4 is 21.4 Å². The number of aromatic hydroxyl groups is 1. The second-order valence-electron chi connectivity index (χ2n) is 7.91. The van der Waals surface area contributed by atoms with Gasteiger partial charge in [-0.25, -0.2) is 17.8 Å². The third-order valence-corrected chi connectivity index (χ3v) is 7.08. The molecule has 9 nitrogen and oxygen atoms in total. The van der Waals surface area contributed by atoms with Crippen molar-refractivity contribution in [2.24, 2.45) is 0 Å². The maximum absolute atomic E-state index is 13.1. The van der Waals surface area contributed by atoms with Gasteiger partial charge in [-0.05, 0) is 48.0 Å². The van der Waals surface area contributed by atoms with Gasteiger partial charge in [0.15, 0.2) is 0 Å². The van der Waals surface area contributed by atoms with E-state index in [9.17, 15) is 36.3 Å². The van der Waals surface area contributed by atoms with Gasteiger partial charge in [0.05, 0.1) is 28.9 Å². The average Bonchev–Trinajstić information content (AvgIpc) is 3.15. The van der Waals surface area contributed by atoms with E-state index in [-0.39, 0.29) is 23.7 Å². The number of para-hydroxylation sites is 1. The van der Waals surface area contributed by atoms with E-state index >= 15 is 0 Å². The maximum Gasteiger partial charge on any atom is 0.501 e. The summed E-state index contributed by atoms with van der Waals surface area (Å²) in [6, 6.07) is 13.7. The van der Waals surface area contributed by atoms with Crippen molar-refractivity contribution in [3.8, 4) is 11.6 Å². The van der Waals surface area contributed by atoms with Crippen LogP contribution in [0.2, 0.25) is 0 Å². The number of pyridine rings is 1. The van der Waals surface area contributed by atoms with E-state index in [4.69, 9.17) is 0 Å². The largest absolute Gasteiger partial charge is 0.501 e. The van der Waals surface area contributed by atoms with Crippen molar-refractivity contribution in [2.45, 2.75) is 16.9 Å². The number of rotatable bonds is 6. The Morgan fingerprint density at radius 1 is 1.05 bits per heavy atom. The van der Waals surface area contributed by atoms with Crippen LogP contribution in [0.15, 0.2) is 88.9 Å². The summed E-state index contributed by atoms with van der Waals surface area (Å²) >= 11 is 0. The molecule has 0 saturated heterocycles. The van der Waals surface area contributed by atoms with E-state index in [0.717, 1.165) is 27.5 Å². The first-order valence-corrected chi connectivity index (χ1v) is 12.1. The molecule has 13 heteroatoms. The van der Waals surface area contributed by atoms with Crippen molar-refractivity contribution in [1.82, 2.24) is 14.1 Å². The third-order valence-electron chi connectivity index (χ3n) is 5.58. The van der Waals surface area contributed by atoms with Crippen LogP contribution in [-0.2, 0) is 16.4 Å². The van der Waals surface area contributed by atoms with Gasteiger partial charge in [-0.15, -0.1) is 0 Å². The van der Waals surface area contributed by atoms with Crippen LogP contribution >= 0.6 is 0 Å². The summed E-state index contributed by atoms with van der Waals surface area (Å²) in [5, 5.41) is 10.4. The zero-order valence-electron chi connectivity index (χ0n) is 19.1. The molecule has 0 bridgehead atoms. The first-order valence-electron chi connectivity index (χ1n) is 10.6. The van der Waals surface area contributed by atoms with Crippen LogP contribution in [-0.4, -0.2) is 46.1 Å². The molecule has 0 aliphatic carbocycles. The number of hydrogen-bond donors (Lipinski definition) is 1. The third kappa shape index (κ3) is 4.85.